The minimum absolute atomic E-state index is 0.0976. The van der Waals surface area contributed by atoms with E-state index in [2.05, 4.69) is 10.4 Å². The van der Waals surface area contributed by atoms with E-state index in [0.29, 0.717) is 16.8 Å². The molecule has 0 radical (unpaired) electrons. The number of amides is 1. The Morgan fingerprint density at radius 1 is 1.00 bits per heavy atom. The third-order valence-electron chi connectivity index (χ3n) is 5.87. The maximum absolute atomic E-state index is 13.3. The van der Waals surface area contributed by atoms with Crippen LogP contribution in [0.2, 0.25) is 0 Å². The summed E-state index contributed by atoms with van der Waals surface area (Å²) in [6.45, 7) is 0.128. The van der Waals surface area contributed by atoms with Gasteiger partial charge in [0.15, 0.2) is 0 Å². The summed E-state index contributed by atoms with van der Waals surface area (Å²) in [5.41, 5.74) is 1.42. The molecule has 1 amide bonds. The van der Waals surface area contributed by atoms with E-state index in [0.717, 1.165) is 25.7 Å². The third kappa shape index (κ3) is 6.28. The first-order chi connectivity index (χ1) is 16.1. The van der Waals surface area contributed by atoms with Gasteiger partial charge in [-0.2, -0.15) is 4.68 Å². The van der Waals surface area contributed by atoms with Crippen LogP contribution in [0.1, 0.15) is 60.9 Å². The number of ether oxygens (including phenoxy) is 1. The van der Waals surface area contributed by atoms with Crippen molar-refractivity contribution in [2.24, 2.45) is 0 Å². The number of aromatic nitrogens is 2. The Balaban J connectivity index is 1.42. The van der Waals surface area contributed by atoms with Crippen molar-refractivity contribution >= 4 is 5.91 Å². The Morgan fingerprint density at radius 3 is 2.45 bits per heavy atom. The standard InChI is InChI=1S/C26H28FN3O3/c27-21-8-6-7-19(17-21)18-33-24-15-16-25(31)30(29-24)23-13-11-20(12-14-23)26(32)28-22-9-4-2-1-3-5-10-22/h6-8,11-17,22H,1-5,9-10,18H2,(H,28,32). The summed E-state index contributed by atoms with van der Waals surface area (Å²) in [7, 11) is 0. The van der Waals surface area contributed by atoms with Gasteiger partial charge in [-0.25, -0.2) is 4.39 Å². The average Bonchev–Trinajstić information content (AvgIpc) is 2.80. The van der Waals surface area contributed by atoms with Crippen molar-refractivity contribution in [1.29, 1.82) is 0 Å². The predicted octanol–water partition coefficient (Wildman–Crippen LogP) is 4.79. The van der Waals surface area contributed by atoms with Gasteiger partial charge in [0.2, 0.25) is 5.88 Å². The largest absolute Gasteiger partial charge is 0.472 e. The second-order valence-corrected chi connectivity index (χ2v) is 8.40. The number of halogens is 1. The molecule has 1 aromatic heterocycles. The van der Waals surface area contributed by atoms with E-state index in [1.807, 2.05) is 0 Å². The fourth-order valence-electron chi connectivity index (χ4n) is 4.06. The molecule has 0 atom stereocenters. The number of hydrogen-bond acceptors (Lipinski definition) is 4. The molecule has 7 heteroatoms. The molecule has 2 aromatic carbocycles. The number of nitrogens with zero attached hydrogens (tertiary/aromatic N) is 2. The second-order valence-electron chi connectivity index (χ2n) is 8.40. The zero-order valence-electron chi connectivity index (χ0n) is 18.5. The third-order valence-corrected chi connectivity index (χ3v) is 5.87. The van der Waals surface area contributed by atoms with Gasteiger partial charge in [-0.15, -0.1) is 5.10 Å². The highest BCUT2D eigenvalue weighted by molar-refractivity contribution is 5.94. The maximum Gasteiger partial charge on any atom is 0.271 e. The van der Waals surface area contributed by atoms with Crippen molar-refractivity contribution in [1.82, 2.24) is 15.1 Å². The van der Waals surface area contributed by atoms with Crippen LogP contribution in [0.3, 0.4) is 0 Å². The van der Waals surface area contributed by atoms with Gasteiger partial charge in [-0.05, 0) is 54.8 Å². The first kappa shape index (κ1) is 22.7. The Kier molecular flexibility index (Phi) is 7.50. The first-order valence-electron chi connectivity index (χ1n) is 11.5. The van der Waals surface area contributed by atoms with Gasteiger partial charge >= 0.3 is 0 Å². The van der Waals surface area contributed by atoms with Crippen LogP contribution in [0.15, 0.2) is 65.5 Å². The number of hydrogen-bond donors (Lipinski definition) is 1. The molecule has 172 valence electrons. The van der Waals surface area contributed by atoms with Crippen LogP contribution in [0.5, 0.6) is 5.88 Å². The van der Waals surface area contributed by atoms with E-state index >= 15 is 0 Å². The summed E-state index contributed by atoms with van der Waals surface area (Å²) in [5, 5.41) is 7.40. The summed E-state index contributed by atoms with van der Waals surface area (Å²) in [6.07, 6.45) is 8.08. The van der Waals surface area contributed by atoms with Gasteiger partial charge in [0.05, 0.1) is 5.69 Å². The van der Waals surface area contributed by atoms with E-state index in [9.17, 15) is 14.0 Å². The molecule has 1 aliphatic carbocycles. The normalized spacial score (nSPS) is 14.8. The smallest absolute Gasteiger partial charge is 0.271 e. The van der Waals surface area contributed by atoms with Gasteiger partial charge < -0.3 is 10.1 Å². The lowest BCUT2D eigenvalue weighted by atomic mass is 9.96. The van der Waals surface area contributed by atoms with Crippen molar-refractivity contribution in [2.75, 3.05) is 0 Å². The molecule has 1 fully saturated rings. The van der Waals surface area contributed by atoms with Crippen LogP contribution >= 0.6 is 0 Å². The molecule has 0 bridgehead atoms. The van der Waals surface area contributed by atoms with Crippen LogP contribution in [0.25, 0.3) is 5.69 Å². The van der Waals surface area contributed by atoms with E-state index in [4.69, 9.17) is 4.74 Å². The summed E-state index contributed by atoms with van der Waals surface area (Å²) >= 11 is 0. The first-order valence-corrected chi connectivity index (χ1v) is 11.5. The Bertz CT molecular complexity index is 1140. The van der Waals surface area contributed by atoms with Crippen molar-refractivity contribution in [3.8, 4) is 11.6 Å². The lowest BCUT2D eigenvalue weighted by Gasteiger charge is -2.21. The molecular formula is C26H28FN3O3. The van der Waals surface area contributed by atoms with Crippen molar-refractivity contribution in [3.63, 3.8) is 0 Å². The van der Waals surface area contributed by atoms with Crippen LogP contribution < -0.4 is 15.6 Å². The van der Waals surface area contributed by atoms with Crippen LogP contribution in [0.4, 0.5) is 4.39 Å². The van der Waals surface area contributed by atoms with Gasteiger partial charge in [0.25, 0.3) is 11.5 Å². The Labute approximate surface area is 192 Å². The molecule has 33 heavy (non-hydrogen) atoms. The number of carbonyl (C=O) groups is 1. The molecule has 1 aliphatic rings. The van der Waals surface area contributed by atoms with Crippen LogP contribution in [-0.2, 0) is 6.61 Å². The van der Waals surface area contributed by atoms with E-state index < -0.39 is 0 Å². The van der Waals surface area contributed by atoms with Gasteiger partial charge in [-0.1, -0.05) is 44.2 Å². The van der Waals surface area contributed by atoms with E-state index in [-0.39, 0.29) is 35.8 Å². The number of carbonyl (C=O) groups excluding carboxylic acids is 1. The molecule has 1 N–H and O–H groups in total. The molecule has 3 aromatic rings. The van der Waals surface area contributed by atoms with Gasteiger partial charge in [-0.3, -0.25) is 9.59 Å². The van der Waals surface area contributed by atoms with Crippen molar-refractivity contribution in [2.45, 2.75) is 57.6 Å². The molecule has 0 aliphatic heterocycles. The molecule has 4 rings (SSSR count). The van der Waals surface area contributed by atoms with Crippen molar-refractivity contribution < 1.29 is 13.9 Å². The molecule has 0 saturated heterocycles. The zero-order chi connectivity index (χ0) is 23.0. The molecule has 0 spiro atoms. The molecular weight excluding hydrogens is 421 g/mol. The quantitative estimate of drug-likeness (QED) is 0.587. The summed E-state index contributed by atoms with van der Waals surface area (Å²) in [6, 6.07) is 15.9. The SMILES string of the molecule is O=C(NC1CCCCCCC1)c1ccc(-n2nc(OCc3cccc(F)c3)ccc2=O)cc1. The lowest BCUT2D eigenvalue weighted by Crippen LogP contribution is -2.35. The molecule has 6 nitrogen and oxygen atoms in total. The summed E-state index contributed by atoms with van der Waals surface area (Å²) in [5.74, 6) is -0.197. The Morgan fingerprint density at radius 2 is 1.73 bits per heavy atom. The summed E-state index contributed by atoms with van der Waals surface area (Å²) < 4.78 is 20.2. The maximum atomic E-state index is 13.3. The number of nitrogens with one attached hydrogen (secondary N) is 1. The molecule has 1 heterocycles. The topological polar surface area (TPSA) is 73.2 Å². The Hall–Kier alpha value is -3.48. The molecule has 0 unspecified atom stereocenters. The highest BCUT2D eigenvalue weighted by Crippen LogP contribution is 2.18. The highest BCUT2D eigenvalue weighted by atomic mass is 19.1. The predicted molar refractivity (Wildman–Crippen MR) is 124 cm³/mol. The van der Waals surface area contributed by atoms with Crippen molar-refractivity contribution in [3.05, 3.63) is 88.0 Å². The van der Waals surface area contributed by atoms with Gasteiger partial charge in [0.1, 0.15) is 12.4 Å². The van der Waals surface area contributed by atoms with E-state index in [1.54, 1.807) is 36.4 Å². The average molecular weight is 450 g/mol. The fraction of sp³-hybridized carbons (Fsp3) is 0.346. The summed E-state index contributed by atoms with van der Waals surface area (Å²) in [4.78, 5) is 25.0. The zero-order valence-corrected chi connectivity index (χ0v) is 18.5. The van der Waals surface area contributed by atoms with Crippen LogP contribution in [-0.4, -0.2) is 21.7 Å². The number of benzene rings is 2. The number of rotatable bonds is 6. The van der Waals surface area contributed by atoms with Crippen LogP contribution in [0, 0.1) is 5.82 Å². The highest BCUT2D eigenvalue weighted by Gasteiger charge is 2.15. The monoisotopic (exact) mass is 449 g/mol. The minimum Gasteiger partial charge on any atom is -0.472 e. The van der Waals surface area contributed by atoms with E-state index in [1.165, 1.54) is 48.2 Å². The fourth-order valence-corrected chi connectivity index (χ4v) is 4.06. The van der Waals surface area contributed by atoms with Gasteiger partial charge in [0, 0.05) is 23.7 Å². The molecule has 1 saturated carbocycles. The lowest BCUT2D eigenvalue weighted by molar-refractivity contribution is 0.0930. The second kappa shape index (κ2) is 10.9. The minimum atomic E-state index is -0.340.